The minimum Gasteiger partial charge on any atom is -0.493 e. The van der Waals surface area contributed by atoms with Crippen LogP contribution in [-0.4, -0.2) is 24.1 Å². The van der Waals surface area contributed by atoms with Gasteiger partial charge in [0.25, 0.3) is 11.2 Å². The van der Waals surface area contributed by atoms with E-state index in [1.165, 1.54) is 32.4 Å². The fraction of sp³-hybridized carbons (Fsp3) is 0.100. The third kappa shape index (κ3) is 3.41. The van der Waals surface area contributed by atoms with Crippen molar-refractivity contribution in [2.24, 2.45) is 0 Å². The molecule has 8 heteroatoms. The summed E-state index contributed by atoms with van der Waals surface area (Å²) in [5.41, 5.74) is 0.936. The van der Waals surface area contributed by atoms with Gasteiger partial charge in [0.15, 0.2) is 11.5 Å². The third-order valence-electron chi connectivity index (χ3n) is 4.21. The summed E-state index contributed by atoms with van der Waals surface area (Å²) in [4.78, 5) is 25.7. The maximum atomic E-state index is 12.5. The number of ether oxygens (including phenoxy) is 2. The van der Waals surface area contributed by atoms with Gasteiger partial charge in [-0.25, -0.2) is 0 Å². The van der Waals surface area contributed by atoms with Gasteiger partial charge in [0.05, 0.1) is 19.1 Å². The fourth-order valence-corrected chi connectivity index (χ4v) is 2.84. The number of rotatable bonds is 5. The predicted molar refractivity (Wildman–Crippen MR) is 102 cm³/mol. The second-order valence-electron chi connectivity index (χ2n) is 5.79. The zero-order valence-corrected chi connectivity index (χ0v) is 15.1. The number of nitro groups is 1. The molecule has 0 fully saturated rings. The summed E-state index contributed by atoms with van der Waals surface area (Å²) in [6.07, 6.45) is 0. The molecule has 140 valence electrons. The van der Waals surface area contributed by atoms with Crippen LogP contribution in [0.2, 0.25) is 0 Å². The van der Waals surface area contributed by atoms with Gasteiger partial charge in [-0.15, -0.1) is 0 Å². The Balaban J connectivity index is 2.22. The van der Waals surface area contributed by atoms with Crippen LogP contribution in [0.4, 0.5) is 5.69 Å². The maximum absolute atomic E-state index is 12.5. The lowest BCUT2D eigenvalue weighted by Crippen LogP contribution is -2.12. The Morgan fingerprint density at radius 1 is 1.04 bits per heavy atom. The molecule has 2 aromatic carbocycles. The van der Waals surface area contributed by atoms with Gasteiger partial charge in [0.2, 0.25) is 0 Å². The molecule has 0 bridgehead atoms. The Bertz CT molecular complexity index is 1160. The third-order valence-corrected chi connectivity index (χ3v) is 4.21. The molecule has 0 radical (unpaired) electrons. The van der Waals surface area contributed by atoms with Gasteiger partial charge >= 0.3 is 0 Å². The normalized spacial score (nSPS) is 10.2. The maximum Gasteiger partial charge on any atom is 0.270 e. The molecule has 0 aliphatic carbocycles. The van der Waals surface area contributed by atoms with Crippen LogP contribution in [0.25, 0.3) is 22.4 Å². The molecular weight excluding hydrogens is 362 g/mol. The zero-order chi connectivity index (χ0) is 20.3. The van der Waals surface area contributed by atoms with E-state index in [0.717, 1.165) is 0 Å². The van der Waals surface area contributed by atoms with Crippen molar-refractivity contribution in [3.05, 3.63) is 74.6 Å². The molecular formula is C20H15N3O5. The summed E-state index contributed by atoms with van der Waals surface area (Å²) in [6, 6.07) is 14.4. The first-order chi connectivity index (χ1) is 13.5. The lowest BCUT2D eigenvalue weighted by atomic mass is 9.98. The number of hydrogen-bond acceptors (Lipinski definition) is 6. The van der Waals surface area contributed by atoms with Gasteiger partial charge in [-0.1, -0.05) is 12.1 Å². The molecule has 1 N–H and O–H groups in total. The van der Waals surface area contributed by atoms with Gasteiger partial charge in [0, 0.05) is 29.0 Å². The SMILES string of the molecule is COc1ccc(-c2cc(-c3cccc([N+](=O)[O-])c3)c(C#N)c(=O)[nH]2)cc1OC. The molecule has 28 heavy (non-hydrogen) atoms. The molecule has 0 atom stereocenters. The standard InChI is InChI=1S/C20H15N3O5/c1-27-18-7-6-13(9-19(18)28-2)17-10-15(16(11-21)20(24)22-17)12-4-3-5-14(8-12)23(25)26/h3-10H,1-2H3,(H,22,24). The Kier molecular flexibility index (Phi) is 5.09. The number of methoxy groups -OCH3 is 2. The molecule has 1 aromatic heterocycles. The number of aromatic amines is 1. The molecule has 8 nitrogen and oxygen atoms in total. The van der Waals surface area contributed by atoms with E-state index in [2.05, 4.69) is 4.98 Å². The van der Waals surface area contributed by atoms with Crippen LogP contribution < -0.4 is 15.0 Å². The highest BCUT2D eigenvalue weighted by Gasteiger charge is 2.16. The van der Waals surface area contributed by atoms with Crippen LogP contribution in [-0.2, 0) is 0 Å². The van der Waals surface area contributed by atoms with Crippen molar-refractivity contribution >= 4 is 5.69 Å². The summed E-state index contributed by atoms with van der Waals surface area (Å²) in [5, 5.41) is 20.5. The molecule has 3 aromatic rings. The topological polar surface area (TPSA) is 118 Å². The number of pyridine rings is 1. The molecule has 0 aliphatic heterocycles. The number of nitrogens with one attached hydrogen (secondary N) is 1. The Labute approximate surface area is 159 Å². The van der Waals surface area contributed by atoms with Crippen LogP contribution in [0.1, 0.15) is 5.56 Å². The average molecular weight is 377 g/mol. The average Bonchev–Trinajstić information content (AvgIpc) is 2.72. The van der Waals surface area contributed by atoms with Crippen molar-refractivity contribution in [3.63, 3.8) is 0 Å². The minimum atomic E-state index is -0.587. The highest BCUT2D eigenvalue weighted by molar-refractivity contribution is 5.77. The first-order valence-electron chi connectivity index (χ1n) is 8.13. The summed E-state index contributed by atoms with van der Waals surface area (Å²) in [7, 11) is 3.01. The molecule has 0 saturated carbocycles. The number of aromatic nitrogens is 1. The number of nitriles is 1. The van der Waals surface area contributed by atoms with E-state index < -0.39 is 10.5 Å². The Hall–Kier alpha value is -4.12. The number of hydrogen-bond donors (Lipinski definition) is 1. The van der Waals surface area contributed by atoms with Crippen LogP contribution in [0.5, 0.6) is 11.5 Å². The monoisotopic (exact) mass is 377 g/mol. The van der Waals surface area contributed by atoms with Crippen molar-refractivity contribution < 1.29 is 14.4 Å². The second-order valence-corrected chi connectivity index (χ2v) is 5.79. The highest BCUT2D eigenvalue weighted by Crippen LogP contribution is 2.33. The van der Waals surface area contributed by atoms with Crippen molar-refractivity contribution in [3.8, 4) is 40.0 Å². The van der Waals surface area contributed by atoms with E-state index in [-0.39, 0.29) is 11.3 Å². The first kappa shape index (κ1) is 18.7. The molecule has 3 rings (SSSR count). The van der Waals surface area contributed by atoms with E-state index in [1.54, 1.807) is 30.3 Å². The van der Waals surface area contributed by atoms with Crippen molar-refractivity contribution in [2.45, 2.75) is 0 Å². The Morgan fingerprint density at radius 3 is 2.43 bits per heavy atom. The molecule has 0 unspecified atom stereocenters. The van der Waals surface area contributed by atoms with Crippen molar-refractivity contribution in [2.75, 3.05) is 14.2 Å². The minimum absolute atomic E-state index is 0.121. The van der Waals surface area contributed by atoms with Crippen LogP contribution in [0.3, 0.4) is 0 Å². The summed E-state index contributed by atoms with van der Waals surface area (Å²) < 4.78 is 10.5. The number of benzene rings is 2. The van der Waals surface area contributed by atoms with E-state index in [1.807, 2.05) is 6.07 Å². The second kappa shape index (κ2) is 7.63. The quantitative estimate of drug-likeness (QED) is 0.537. The van der Waals surface area contributed by atoms with E-state index in [9.17, 15) is 20.2 Å². The van der Waals surface area contributed by atoms with E-state index >= 15 is 0 Å². The fourth-order valence-electron chi connectivity index (χ4n) is 2.84. The molecule has 0 saturated heterocycles. The largest absolute Gasteiger partial charge is 0.493 e. The van der Waals surface area contributed by atoms with Crippen LogP contribution in [0.15, 0.2) is 53.3 Å². The van der Waals surface area contributed by atoms with Gasteiger partial charge < -0.3 is 14.5 Å². The predicted octanol–water partition coefficient (Wildman–Crippen LogP) is 3.51. The van der Waals surface area contributed by atoms with Gasteiger partial charge in [-0.05, 0) is 29.8 Å². The number of non-ortho nitro benzene ring substituents is 1. The smallest absolute Gasteiger partial charge is 0.270 e. The van der Waals surface area contributed by atoms with Gasteiger partial charge in [0.1, 0.15) is 11.6 Å². The summed E-state index contributed by atoms with van der Waals surface area (Å²) >= 11 is 0. The highest BCUT2D eigenvalue weighted by atomic mass is 16.6. The first-order valence-corrected chi connectivity index (χ1v) is 8.13. The lowest BCUT2D eigenvalue weighted by molar-refractivity contribution is -0.384. The summed E-state index contributed by atoms with van der Waals surface area (Å²) in [5.74, 6) is 1.00. The molecule has 0 spiro atoms. The van der Waals surface area contributed by atoms with Crippen LogP contribution >= 0.6 is 0 Å². The summed E-state index contributed by atoms with van der Waals surface area (Å²) in [6.45, 7) is 0. The van der Waals surface area contributed by atoms with E-state index in [4.69, 9.17) is 9.47 Å². The lowest BCUT2D eigenvalue weighted by Gasteiger charge is -2.11. The van der Waals surface area contributed by atoms with Gasteiger partial charge in [-0.3, -0.25) is 14.9 Å². The molecule has 1 heterocycles. The van der Waals surface area contributed by atoms with E-state index in [0.29, 0.717) is 33.9 Å². The van der Waals surface area contributed by atoms with Crippen molar-refractivity contribution in [1.82, 2.24) is 4.98 Å². The Morgan fingerprint density at radius 2 is 1.79 bits per heavy atom. The van der Waals surface area contributed by atoms with Gasteiger partial charge in [-0.2, -0.15) is 5.26 Å². The number of nitrogens with zero attached hydrogens (tertiary/aromatic N) is 2. The molecule has 0 aliphatic rings. The van der Waals surface area contributed by atoms with Crippen molar-refractivity contribution in [1.29, 1.82) is 5.26 Å². The van der Waals surface area contributed by atoms with Crippen LogP contribution in [0, 0.1) is 21.4 Å². The number of H-pyrrole nitrogens is 1. The number of nitro benzene ring substituents is 1. The molecule has 0 amide bonds. The zero-order valence-electron chi connectivity index (χ0n) is 15.1.